The quantitative estimate of drug-likeness (QED) is 0.299. The molecule has 4 rings (SSSR count). The number of aromatic nitrogens is 3. The number of thioether (sulfide) groups is 1. The van der Waals surface area contributed by atoms with Crippen molar-refractivity contribution in [3.8, 4) is 11.4 Å². The van der Waals surface area contributed by atoms with E-state index in [0.29, 0.717) is 16.9 Å². The van der Waals surface area contributed by atoms with Gasteiger partial charge in [-0.3, -0.25) is 14.4 Å². The number of hydrogen-bond acceptors (Lipinski definition) is 5. The molecule has 1 fully saturated rings. The fourth-order valence-corrected chi connectivity index (χ4v) is 4.80. The second-order valence-electron chi connectivity index (χ2n) is 9.27. The normalized spacial score (nSPS) is 15.3. The Kier molecular flexibility index (Phi) is 8.57. The molecule has 1 N–H and O–H groups in total. The largest absolute Gasteiger partial charge is 0.453 e. The molecule has 0 atom stereocenters. The summed E-state index contributed by atoms with van der Waals surface area (Å²) < 4.78 is 64.3. The number of amides is 3. The molecule has 1 aliphatic rings. The lowest BCUT2D eigenvalue weighted by Crippen LogP contribution is -2.36. The van der Waals surface area contributed by atoms with Crippen molar-refractivity contribution in [2.24, 2.45) is 4.99 Å². The van der Waals surface area contributed by atoms with Crippen LogP contribution in [0, 0.1) is 0 Å². The first kappa shape index (κ1) is 29.2. The third-order valence-corrected chi connectivity index (χ3v) is 6.91. The molecule has 0 unspecified atom stereocenters. The predicted octanol–water partition coefficient (Wildman–Crippen LogP) is 6.71. The van der Waals surface area contributed by atoms with Crippen LogP contribution in [-0.2, 0) is 11.3 Å². The third-order valence-electron chi connectivity index (χ3n) is 5.99. The molecule has 0 aliphatic carbocycles. The van der Waals surface area contributed by atoms with Gasteiger partial charge in [-0.2, -0.15) is 32.0 Å². The van der Waals surface area contributed by atoms with Crippen LogP contribution in [0.1, 0.15) is 38.2 Å². The van der Waals surface area contributed by atoms with Crippen LogP contribution in [0.2, 0.25) is 0 Å². The van der Waals surface area contributed by atoms with Crippen molar-refractivity contribution in [3.63, 3.8) is 0 Å². The first-order valence-electron chi connectivity index (χ1n) is 12.2. The van der Waals surface area contributed by atoms with Gasteiger partial charge in [0.2, 0.25) is 5.91 Å². The summed E-state index contributed by atoms with van der Waals surface area (Å²) in [4.78, 5) is 34.9. The lowest BCUT2D eigenvalue weighted by atomic mass is 10.0. The molecular weight excluding hydrogens is 555 g/mol. The van der Waals surface area contributed by atoms with Crippen molar-refractivity contribution in [1.29, 1.82) is 0 Å². The minimum atomic E-state index is -5.59. The zero-order chi connectivity index (χ0) is 29.1. The minimum absolute atomic E-state index is 0.156. The first-order chi connectivity index (χ1) is 18.9. The van der Waals surface area contributed by atoms with Crippen molar-refractivity contribution in [1.82, 2.24) is 14.8 Å². The van der Waals surface area contributed by atoms with Crippen molar-refractivity contribution < 1.29 is 31.5 Å². The van der Waals surface area contributed by atoms with Crippen molar-refractivity contribution in [3.05, 3.63) is 60.4 Å². The summed E-state index contributed by atoms with van der Waals surface area (Å²) >= 11 is 1.17. The second-order valence-corrected chi connectivity index (χ2v) is 10.2. The standard InChI is InChI=1S/C26H25F5N6O2S/c1-16(2)19-6-3-4-7-20(19)37-21(38)14-40-24(37)34-23(39)33-18-10-8-17(9-11-18)22-32-15-36(35-22)13-5-12-25(27,28)26(29,30)31/h3-4,6-11,15-16H,5,12-14H2,1-2H3,(H,33,39)/b34-24-. The highest BCUT2D eigenvalue weighted by molar-refractivity contribution is 8.15. The minimum Gasteiger partial charge on any atom is -0.306 e. The van der Waals surface area contributed by atoms with E-state index in [1.807, 2.05) is 38.1 Å². The summed E-state index contributed by atoms with van der Waals surface area (Å²) in [6.45, 7) is 3.87. The molecule has 8 nitrogen and oxygen atoms in total. The lowest BCUT2D eigenvalue weighted by molar-refractivity contribution is -0.284. The number of amidine groups is 1. The molecule has 0 spiro atoms. The number of rotatable bonds is 8. The Morgan fingerprint density at radius 1 is 1.10 bits per heavy atom. The van der Waals surface area contributed by atoms with Crippen molar-refractivity contribution >= 4 is 40.2 Å². The van der Waals surface area contributed by atoms with E-state index in [2.05, 4.69) is 20.4 Å². The van der Waals surface area contributed by atoms with Gasteiger partial charge in [0.05, 0.1) is 11.4 Å². The van der Waals surface area contributed by atoms with E-state index >= 15 is 0 Å². The number of carbonyl (C=O) groups excluding carboxylic acids is 2. The van der Waals surface area contributed by atoms with Crippen molar-refractivity contribution in [2.45, 2.75) is 51.3 Å². The van der Waals surface area contributed by atoms with Gasteiger partial charge in [0.25, 0.3) is 0 Å². The van der Waals surface area contributed by atoms with Gasteiger partial charge in [0.1, 0.15) is 6.33 Å². The number of anilines is 2. The maximum atomic E-state index is 13.1. The Labute approximate surface area is 230 Å². The molecule has 0 radical (unpaired) electrons. The molecule has 0 saturated carbocycles. The molecule has 3 aromatic rings. The van der Waals surface area contributed by atoms with Gasteiger partial charge in [-0.05, 0) is 48.2 Å². The molecule has 14 heteroatoms. The molecule has 2 aromatic carbocycles. The molecule has 3 amide bonds. The van der Waals surface area contributed by atoms with E-state index < -0.39 is 31.0 Å². The van der Waals surface area contributed by atoms with Gasteiger partial charge in [0.15, 0.2) is 11.0 Å². The molecule has 1 aliphatic heterocycles. The smallest absolute Gasteiger partial charge is 0.306 e. The topological polar surface area (TPSA) is 92.5 Å². The van der Waals surface area contributed by atoms with Crippen LogP contribution in [0.25, 0.3) is 11.4 Å². The molecular formula is C26H25F5N6O2S. The molecule has 40 heavy (non-hydrogen) atoms. The number of nitrogens with zero attached hydrogens (tertiary/aromatic N) is 5. The number of benzene rings is 2. The summed E-state index contributed by atoms with van der Waals surface area (Å²) in [5.74, 6) is -4.37. The zero-order valence-corrected chi connectivity index (χ0v) is 22.3. The second kappa shape index (κ2) is 11.7. The van der Waals surface area contributed by atoms with Crippen LogP contribution in [0.5, 0.6) is 0 Å². The summed E-state index contributed by atoms with van der Waals surface area (Å²) in [6, 6.07) is 13.2. The number of hydrogen-bond donors (Lipinski definition) is 1. The number of halogens is 5. The van der Waals surface area contributed by atoms with Gasteiger partial charge in [-0.25, -0.2) is 9.78 Å². The Bertz CT molecular complexity index is 1410. The monoisotopic (exact) mass is 580 g/mol. The highest BCUT2D eigenvalue weighted by atomic mass is 32.2. The van der Waals surface area contributed by atoms with Crippen LogP contribution in [0.15, 0.2) is 59.9 Å². The average molecular weight is 581 g/mol. The fourth-order valence-electron chi connectivity index (χ4n) is 3.94. The van der Waals surface area contributed by atoms with E-state index in [9.17, 15) is 31.5 Å². The van der Waals surface area contributed by atoms with E-state index in [1.54, 1.807) is 24.3 Å². The Hall–Kier alpha value is -3.81. The van der Waals surface area contributed by atoms with Crippen molar-refractivity contribution in [2.75, 3.05) is 16.0 Å². The Morgan fingerprint density at radius 2 is 1.80 bits per heavy atom. The SMILES string of the molecule is CC(C)c1ccccc1N1C(=O)CS/C1=N\C(=O)Nc1ccc(-c2ncn(CCCC(F)(F)C(F)(F)F)n2)cc1. The summed E-state index contributed by atoms with van der Waals surface area (Å²) in [7, 11) is 0. The van der Waals surface area contributed by atoms with Gasteiger partial charge < -0.3 is 5.32 Å². The van der Waals surface area contributed by atoms with Gasteiger partial charge in [-0.1, -0.05) is 43.8 Å². The lowest BCUT2D eigenvalue weighted by Gasteiger charge is -2.21. The molecule has 1 aromatic heterocycles. The number of para-hydroxylation sites is 1. The van der Waals surface area contributed by atoms with Gasteiger partial charge in [-0.15, -0.1) is 0 Å². The third kappa shape index (κ3) is 6.66. The number of aliphatic imine (C=N–C) groups is 1. The summed E-state index contributed by atoms with van der Waals surface area (Å²) in [6.07, 6.45) is -6.13. The number of alkyl halides is 5. The van der Waals surface area contributed by atoms with Gasteiger partial charge in [0, 0.05) is 24.2 Å². The number of nitrogens with one attached hydrogen (secondary N) is 1. The zero-order valence-electron chi connectivity index (χ0n) is 21.5. The van der Waals surface area contributed by atoms with Crippen LogP contribution in [-0.4, -0.2) is 49.7 Å². The number of carbonyl (C=O) groups is 2. The van der Waals surface area contributed by atoms with E-state index in [4.69, 9.17) is 0 Å². The average Bonchev–Trinajstić information content (AvgIpc) is 3.50. The van der Waals surface area contributed by atoms with Crippen LogP contribution >= 0.6 is 11.8 Å². The van der Waals surface area contributed by atoms with Crippen LogP contribution in [0.3, 0.4) is 0 Å². The fraction of sp³-hybridized carbons (Fsp3) is 0.346. The molecule has 0 bridgehead atoms. The van der Waals surface area contributed by atoms with Crippen LogP contribution in [0.4, 0.5) is 38.1 Å². The van der Waals surface area contributed by atoms with E-state index in [1.165, 1.54) is 27.7 Å². The molecule has 212 valence electrons. The summed E-state index contributed by atoms with van der Waals surface area (Å²) in [5.41, 5.74) is 2.59. The summed E-state index contributed by atoms with van der Waals surface area (Å²) in [5, 5.41) is 7.03. The Morgan fingerprint density at radius 3 is 2.48 bits per heavy atom. The maximum Gasteiger partial charge on any atom is 0.453 e. The van der Waals surface area contributed by atoms with E-state index in [0.717, 1.165) is 5.56 Å². The van der Waals surface area contributed by atoms with E-state index in [-0.39, 0.29) is 35.1 Å². The number of urea groups is 1. The molecule has 2 heterocycles. The molecule has 1 saturated heterocycles. The van der Waals surface area contributed by atoms with Crippen LogP contribution < -0.4 is 10.2 Å². The first-order valence-corrected chi connectivity index (χ1v) is 13.2. The maximum absolute atomic E-state index is 13.1. The number of aryl methyl sites for hydroxylation is 1. The van der Waals surface area contributed by atoms with Gasteiger partial charge >= 0.3 is 18.1 Å². The predicted molar refractivity (Wildman–Crippen MR) is 143 cm³/mol. The Balaban J connectivity index is 1.38. The highest BCUT2D eigenvalue weighted by Gasteiger charge is 2.56. The highest BCUT2D eigenvalue weighted by Crippen LogP contribution is 2.39.